The molecule has 0 aliphatic heterocycles. The van der Waals surface area contributed by atoms with Crippen LogP contribution in [0.4, 0.5) is 0 Å². The molecule has 4 aromatic rings. The van der Waals surface area contributed by atoms with Gasteiger partial charge in [0.15, 0.2) is 0 Å². The van der Waals surface area contributed by atoms with Gasteiger partial charge in [-0.15, -0.1) is 0 Å². The van der Waals surface area contributed by atoms with Crippen molar-refractivity contribution in [2.24, 2.45) is 0 Å². The summed E-state index contributed by atoms with van der Waals surface area (Å²) in [6.07, 6.45) is 0. The van der Waals surface area contributed by atoms with E-state index in [4.69, 9.17) is 9.47 Å². The minimum Gasteiger partial charge on any atom is -0.490 e. The smallest absolute Gasteiger partial charge is 0.223 e. The van der Waals surface area contributed by atoms with Gasteiger partial charge >= 0.3 is 0 Å². The minimum atomic E-state index is -2.67. The largest absolute Gasteiger partial charge is 0.490 e. The first-order valence-electron chi connectivity index (χ1n) is 10.1. The molecule has 0 bridgehead atoms. The van der Waals surface area contributed by atoms with Gasteiger partial charge < -0.3 is 19.7 Å². The third-order valence-corrected chi connectivity index (χ3v) is 5.84. The van der Waals surface area contributed by atoms with Gasteiger partial charge in [-0.05, 0) is 33.7 Å². The number of hydrogen-bond donors (Lipinski definition) is 2. The van der Waals surface area contributed by atoms with Gasteiger partial charge in [-0.25, -0.2) is 0 Å². The Hall–Kier alpha value is -3.39. The van der Waals surface area contributed by atoms with E-state index in [0.717, 1.165) is 10.8 Å². The number of hydrogen-bond acceptors (Lipinski definition) is 6. The highest BCUT2D eigenvalue weighted by atomic mass is 32.2. The molecule has 0 atom stereocenters. The van der Waals surface area contributed by atoms with Gasteiger partial charge in [0.1, 0.15) is 29.6 Å². The summed E-state index contributed by atoms with van der Waals surface area (Å²) in [5, 5.41) is 21.7. The molecule has 4 aromatic carbocycles. The van der Waals surface area contributed by atoms with Crippen molar-refractivity contribution >= 4 is 36.7 Å². The number of aliphatic hydroxyl groups excluding tert-OH is 2. The summed E-state index contributed by atoms with van der Waals surface area (Å²) in [5.41, 5.74) is 0.796. The van der Waals surface area contributed by atoms with Crippen molar-refractivity contribution in [1.29, 1.82) is 0 Å². The van der Waals surface area contributed by atoms with Crippen molar-refractivity contribution in [1.82, 2.24) is 0 Å². The maximum absolute atomic E-state index is 12.8. The molecule has 0 heterocycles. The molecule has 7 heteroatoms. The molecule has 0 saturated carbocycles. The van der Waals surface area contributed by atoms with Crippen LogP contribution in [0.15, 0.2) is 72.8 Å². The van der Waals surface area contributed by atoms with E-state index < -0.39 is 10.3 Å². The molecule has 0 unspecified atom stereocenters. The quantitative estimate of drug-likeness (QED) is 0.316. The number of ether oxygens (including phenoxy) is 2. The van der Waals surface area contributed by atoms with E-state index in [1.807, 2.05) is 60.7 Å². The topological polar surface area (TPSA) is 93.1 Å². The van der Waals surface area contributed by atoms with Crippen molar-refractivity contribution in [3.63, 3.8) is 0 Å². The lowest BCUT2D eigenvalue weighted by Crippen LogP contribution is -2.14. The van der Waals surface area contributed by atoms with E-state index in [0.29, 0.717) is 33.4 Å². The Kier molecular flexibility index (Phi) is 6.70. The molecule has 0 amide bonds. The fourth-order valence-corrected chi connectivity index (χ4v) is 4.57. The first-order valence-corrected chi connectivity index (χ1v) is 11.2. The Balaban J connectivity index is 2.11. The maximum Gasteiger partial charge on any atom is 0.223 e. The summed E-state index contributed by atoms with van der Waals surface area (Å²) in [6, 6.07) is 22.0. The normalized spacial score (nSPS) is 10.9. The van der Waals surface area contributed by atoms with Crippen LogP contribution in [0.5, 0.6) is 11.5 Å². The molecule has 0 radical (unpaired) electrons. The SMILES string of the molecule is O=S(=O)=C(c1c(OCCO)ccc2ccccc12)c1c(OCCO)ccc2ccccc12. The lowest BCUT2D eigenvalue weighted by molar-refractivity contribution is 0.201. The van der Waals surface area contributed by atoms with Crippen molar-refractivity contribution in [3.05, 3.63) is 83.9 Å². The maximum atomic E-state index is 12.8. The lowest BCUT2D eigenvalue weighted by Gasteiger charge is -2.18. The van der Waals surface area contributed by atoms with Crippen LogP contribution >= 0.6 is 0 Å². The van der Waals surface area contributed by atoms with Gasteiger partial charge in [0.05, 0.1) is 13.2 Å². The van der Waals surface area contributed by atoms with Gasteiger partial charge in [0.2, 0.25) is 10.3 Å². The Morgan fingerprint density at radius 3 is 1.50 bits per heavy atom. The molecule has 6 nitrogen and oxygen atoms in total. The van der Waals surface area contributed by atoms with Crippen LogP contribution in [0.2, 0.25) is 0 Å². The Morgan fingerprint density at radius 2 is 1.09 bits per heavy atom. The lowest BCUT2D eigenvalue weighted by atomic mass is 9.93. The van der Waals surface area contributed by atoms with E-state index >= 15 is 0 Å². The summed E-state index contributed by atoms with van der Waals surface area (Å²) >= 11 is 0. The van der Waals surface area contributed by atoms with Crippen LogP contribution in [0.3, 0.4) is 0 Å². The number of rotatable bonds is 8. The molecule has 32 heavy (non-hydrogen) atoms. The first kappa shape index (κ1) is 21.8. The van der Waals surface area contributed by atoms with Crippen molar-refractivity contribution < 1.29 is 28.1 Å². The monoisotopic (exact) mass is 450 g/mol. The predicted octanol–water partition coefficient (Wildman–Crippen LogP) is 3.18. The zero-order valence-electron chi connectivity index (χ0n) is 17.2. The standard InChI is InChI=1S/C25H22O6S/c26-13-15-30-21-11-9-17-5-1-3-7-19(17)23(21)25(32(28)29)24-20-8-4-2-6-18(20)10-12-22(24)31-16-14-27/h1-12,26-27H,13-16H2. The highest BCUT2D eigenvalue weighted by Gasteiger charge is 2.24. The number of aliphatic hydroxyl groups is 2. The first-order chi connectivity index (χ1) is 15.7. The van der Waals surface area contributed by atoms with E-state index in [1.54, 1.807) is 12.1 Å². The molecule has 2 N–H and O–H groups in total. The van der Waals surface area contributed by atoms with Gasteiger partial charge in [-0.1, -0.05) is 60.7 Å². The fraction of sp³-hybridized carbons (Fsp3) is 0.160. The van der Waals surface area contributed by atoms with Crippen molar-refractivity contribution in [2.45, 2.75) is 0 Å². The van der Waals surface area contributed by atoms with Gasteiger partial charge in [-0.3, -0.25) is 0 Å². The molecule has 164 valence electrons. The third kappa shape index (κ3) is 4.18. The molecular weight excluding hydrogens is 428 g/mol. The molecule has 0 aromatic heterocycles. The highest BCUT2D eigenvalue weighted by molar-refractivity contribution is 7.74. The average Bonchev–Trinajstić information content (AvgIpc) is 2.82. The molecular formula is C25H22O6S. The van der Waals surface area contributed by atoms with E-state index in [2.05, 4.69) is 0 Å². The van der Waals surface area contributed by atoms with Crippen LogP contribution in [0, 0.1) is 0 Å². The molecule has 0 fully saturated rings. The molecule has 0 aliphatic rings. The highest BCUT2D eigenvalue weighted by Crippen LogP contribution is 2.36. The van der Waals surface area contributed by atoms with Crippen LogP contribution in [-0.2, 0) is 10.3 Å². The third-order valence-electron chi connectivity index (χ3n) is 5.10. The van der Waals surface area contributed by atoms with E-state index in [-0.39, 0.29) is 31.3 Å². The van der Waals surface area contributed by atoms with Crippen molar-refractivity contribution in [3.8, 4) is 11.5 Å². The summed E-state index contributed by atoms with van der Waals surface area (Å²) in [7, 11) is -2.67. The van der Waals surface area contributed by atoms with Crippen LogP contribution in [-0.4, -0.2) is 49.9 Å². The van der Waals surface area contributed by atoms with Gasteiger partial charge in [0.25, 0.3) is 0 Å². The van der Waals surface area contributed by atoms with E-state index in [9.17, 15) is 18.6 Å². The molecule has 0 aliphatic carbocycles. The van der Waals surface area contributed by atoms with Crippen LogP contribution < -0.4 is 9.47 Å². The Labute approximate surface area is 186 Å². The van der Waals surface area contributed by atoms with Crippen LogP contribution in [0.25, 0.3) is 21.5 Å². The minimum absolute atomic E-state index is 0.0213. The van der Waals surface area contributed by atoms with Gasteiger partial charge in [-0.2, -0.15) is 8.42 Å². The summed E-state index contributed by atoms with van der Waals surface area (Å²) < 4.78 is 37.1. The zero-order chi connectivity index (χ0) is 22.5. The zero-order valence-corrected chi connectivity index (χ0v) is 18.0. The molecule has 4 rings (SSSR count). The number of benzene rings is 4. The summed E-state index contributed by atoms with van der Waals surface area (Å²) in [5.74, 6) is 0.691. The van der Waals surface area contributed by atoms with E-state index in [1.165, 1.54) is 0 Å². The Bertz CT molecular complexity index is 1310. The summed E-state index contributed by atoms with van der Waals surface area (Å²) in [6.45, 7) is -0.372. The Morgan fingerprint density at radius 1 is 0.656 bits per heavy atom. The summed E-state index contributed by atoms with van der Waals surface area (Å²) in [4.78, 5) is 0.0273. The average molecular weight is 451 g/mol. The second-order valence-corrected chi connectivity index (χ2v) is 7.91. The number of fused-ring (bicyclic) bond motifs is 2. The van der Waals surface area contributed by atoms with Crippen LogP contribution in [0.1, 0.15) is 11.1 Å². The molecule has 0 spiro atoms. The molecule has 0 saturated heterocycles. The van der Waals surface area contributed by atoms with Crippen molar-refractivity contribution in [2.75, 3.05) is 26.4 Å². The second kappa shape index (κ2) is 9.82. The predicted molar refractivity (Wildman–Crippen MR) is 125 cm³/mol. The van der Waals surface area contributed by atoms with Gasteiger partial charge in [0, 0.05) is 11.1 Å². The fourth-order valence-electron chi connectivity index (χ4n) is 3.81. The second-order valence-electron chi connectivity index (χ2n) is 7.03.